The SMILES string of the molecule is CCSCCC(C)NC(=O)CCCC(=O)O. The van der Waals surface area contributed by atoms with E-state index in [1.807, 2.05) is 18.7 Å². The van der Waals surface area contributed by atoms with Gasteiger partial charge in [0.2, 0.25) is 5.91 Å². The average molecular weight is 247 g/mol. The van der Waals surface area contributed by atoms with Crippen LogP contribution in [0.4, 0.5) is 0 Å². The van der Waals surface area contributed by atoms with Crippen molar-refractivity contribution in [2.75, 3.05) is 11.5 Å². The number of rotatable bonds is 9. The van der Waals surface area contributed by atoms with E-state index in [0.717, 1.165) is 17.9 Å². The Bertz CT molecular complexity index is 221. The summed E-state index contributed by atoms with van der Waals surface area (Å²) in [6, 6.07) is 0.177. The van der Waals surface area contributed by atoms with E-state index < -0.39 is 5.97 Å². The summed E-state index contributed by atoms with van der Waals surface area (Å²) in [5.74, 6) is 1.25. The number of nitrogens with one attached hydrogen (secondary N) is 1. The van der Waals surface area contributed by atoms with Gasteiger partial charge in [0, 0.05) is 18.9 Å². The first kappa shape index (κ1) is 15.3. The van der Waals surface area contributed by atoms with E-state index in [1.165, 1.54) is 0 Å². The summed E-state index contributed by atoms with van der Waals surface area (Å²) in [6.07, 6.45) is 1.74. The van der Waals surface area contributed by atoms with Gasteiger partial charge in [-0.2, -0.15) is 11.8 Å². The second kappa shape index (κ2) is 9.51. The minimum absolute atomic E-state index is 0.0461. The Morgan fingerprint density at radius 1 is 1.38 bits per heavy atom. The molecule has 1 unspecified atom stereocenters. The molecule has 0 spiro atoms. The van der Waals surface area contributed by atoms with Gasteiger partial charge < -0.3 is 10.4 Å². The number of aliphatic carboxylic acids is 1. The largest absolute Gasteiger partial charge is 0.481 e. The number of carbonyl (C=O) groups excluding carboxylic acids is 1. The molecule has 1 atom stereocenters. The zero-order valence-electron chi connectivity index (χ0n) is 9.99. The molecule has 4 nitrogen and oxygen atoms in total. The molecule has 0 saturated carbocycles. The van der Waals surface area contributed by atoms with Gasteiger partial charge in [-0.15, -0.1) is 0 Å². The molecule has 16 heavy (non-hydrogen) atoms. The molecule has 0 aromatic heterocycles. The van der Waals surface area contributed by atoms with E-state index in [-0.39, 0.29) is 18.4 Å². The summed E-state index contributed by atoms with van der Waals surface area (Å²) in [7, 11) is 0. The van der Waals surface area contributed by atoms with E-state index in [0.29, 0.717) is 12.8 Å². The van der Waals surface area contributed by atoms with Crippen molar-refractivity contribution in [3.8, 4) is 0 Å². The van der Waals surface area contributed by atoms with Crippen LogP contribution in [0, 0.1) is 0 Å². The molecule has 0 aromatic carbocycles. The van der Waals surface area contributed by atoms with Gasteiger partial charge in [-0.3, -0.25) is 9.59 Å². The predicted octanol–water partition coefficient (Wildman–Crippen LogP) is 1.89. The van der Waals surface area contributed by atoms with Gasteiger partial charge in [-0.05, 0) is 31.3 Å². The van der Waals surface area contributed by atoms with E-state index in [4.69, 9.17) is 5.11 Å². The van der Waals surface area contributed by atoms with Crippen LogP contribution >= 0.6 is 11.8 Å². The Morgan fingerprint density at radius 3 is 2.62 bits per heavy atom. The van der Waals surface area contributed by atoms with Crippen molar-refractivity contribution in [3.63, 3.8) is 0 Å². The van der Waals surface area contributed by atoms with Crippen LogP contribution in [0.5, 0.6) is 0 Å². The molecule has 0 fully saturated rings. The molecule has 0 radical (unpaired) electrons. The number of carbonyl (C=O) groups is 2. The Morgan fingerprint density at radius 2 is 2.06 bits per heavy atom. The van der Waals surface area contributed by atoms with Gasteiger partial charge in [-0.25, -0.2) is 0 Å². The smallest absolute Gasteiger partial charge is 0.303 e. The van der Waals surface area contributed by atoms with Crippen molar-refractivity contribution >= 4 is 23.6 Å². The Labute approximate surface area is 101 Å². The first-order chi connectivity index (χ1) is 7.56. The number of carboxylic acids is 1. The lowest BCUT2D eigenvalue weighted by atomic mass is 10.2. The zero-order chi connectivity index (χ0) is 12.4. The highest BCUT2D eigenvalue weighted by atomic mass is 32.2. The van der Waals surface area contributed by atoms with E-state index in [2.05, 4.69) is 12.2 Å². The molecule has 0 aliphatic rings. The second-order valence-electron chi connectivity index (χ2n) is 3.70. The molecule has 0 aliphatic carbocycles. The van der Waals surface area contributed by atoms with Crippen LogP contribution in [0.3, 0.4) is 0 Å². The molecule has 0 aliphatic heterocycles. The van der Waals surface area contributed by atoms with Crippen molar-refractivity contribution in [1.29, 1.82) is 0 Å². The third-order valence-electron chi connectivity index (χ3n) is 2.10. The van der Waals surface area contributed by atoms with E-state index in [1.54, 1.807) is 0 Å². The van der Waals surface area contributed by atoms with E-state index >= 15 is 0 Å². The standard InChI is InChI=1S/C11H21NO3S/c1-3-16-8-7-9(2)12-10(13)5-4-6-11(14)15/h9H,3-8H2,1-2H3,(H,12,13)(H,14,15). The third-order valence-corrected chi connectivity index (χ3v) is 3.03. The lowest BCUT2D eigenvalue weighted by Gasteiger charge is -2.13. The first-order valence-corrected chi connectivity index (χ1v) is 6.80. The van der Waals surface area contributed by atoms with E-state index in [9.17, 15) is 9.59 Å². The highest BCUT2D eigenvalue weighted by Gasteiger charge is 2.07. The Kier molecular flexibility index (Phi) is 9.09. The molecular weight excluding hydrogens is 226 g/mol. The minimum Gasteiger partial charge on any atom is -0.481 e. The maximum atomic E-state index is 11.4. The highest BCUT2D eigenvalue weighted by molar-refractivity contribution is 7.99. The number of hydrogen-bond donors (Lipinski definition) is 2. The molecule has 0 rings (SSSR count). The monoisotopic (exact) mass is 247 g/mol. The average Bonchev–Trinajstić information content (AvgIpc) is 2.17. The molecule has 0 aromatic rings. The van der Waals surface area contributed by atoms with Crippen LogP contribution in [-0.2, 0) is 9.59 Å². The normalized spacial score (nSPS) is 12.1. The topological polar surface area (TPSA) is 66.4 Å². The fourth-order valence-corrected chi connectivity index (χ4v) is 2.03. The molecule has 0 bridgehead atoms. The third kappa shape index (κ3) is 9.83. The van der Waals surface area contributed by atoms with Crippen molar-refractivity contribution < 1.29 is 14.7 Å². The Hall–Kier alpha value is -0.710. The van der Waals surface area contributed by atoms with Crippen LogP contribution in [0.1, 0.15) is 39.5 Å². The minimum atomic E-state index is -0.847. The van der Waals surface area contributed by atoms with Crippen LogP contribution < -0.4 is 5.32 Å². The second-order valence-corrected chi connectivity index (χ2v) is 5.10. The molecule has 0 saturated heterocycles. The molecule has 5 heteroatoms. The fourth-order valence-electron chi connectivity index (χ4n) is 1.22. The van der Waals surface area contributed by atoms with Crippen molar-refractivity contribution in [1.82, 2.24) is 5.32 Å². The maximum Gasteiger partial charge on any atom is 0.303 e. The van der Waals surface area contributed by atoms with Gasteiger partial charge in [0.15, 0.2) is 0 Å². The van der Waals surface area contributed by atoms with Gasteiger partial charge in [0.25, 0.3) is 0 Å². The maximum absolute atomic E-state index is 11.4. The highest BCUT2D eigenvalue weighted by Crippen LogP contribution is 2.04. The quantitative estimate of drug-likeness (QED) is 0.611. The van der Waals surface area contributed by atoms with Crippen LogP contribution in [-0.4, -0.2) is 34.5 Å². The number of hydrogen-bond acceptors (Lipinski definition) is 3. The lowest BCUT2D eigenvalue weighted by molar-refractivity contribution is -0.137. The van der Waals surface area contributed by atoms with Gasteiger partial charge in [0.05, 0.1) is 0 Å². The molecule has 2 N–H and O–H groups in total. The summed E-state index contributed by atoms with van der Waals surface area (Å²) < 4.78 is 0. The Balaban J connectivity index is 3.50. The molecule has 94 valence electrons. The van der Waals surface area contributed by atoms with Gasteiger partial charge in [-0.1, -0.05) is 6.92 Å². The van der Waals surface area contributed by atoms with Gasteiger partial charge in [0.1, 0.15) is 0 Å². The molecule has 1 amide bonds. The van der Waals surface area contributed by atoms with Crippen molar-refractivity contribution in [3.05, 3.63) is 0 Å². The summed E-state index contributed by atoms with van der Waals surface area (Å²) >= 11 is 1.86. The molecular formula is C11H21NO3S. The van der Waals surface area contributed by atoms with Crippen LogP contribution in [0.25, 0.3) is 0 Å². The summed E-state index contributed by atoms with van der Waals surface area (Å²) in [6.45, 7) is 4.09. The summed E-state index contributed by atoms with van der Waals surface area (Å²) in [5, 5.41) is 11.3. The lowest BCUT2D eigenvalue weighted by Crippen LogP contribution is -2.32. The van der Waals surface area contributed by atoms with Crippen molar-refractivity contribution in [2.45, 2.75) is 45.6 Å². The zero-order valence-corrected chi connectivity index (χ0v) is 10.8. The van der Waals surface area contributed by atoms with Gasteiger partial charge >= 0.3 is 5.97 Å². The van der Waals surface area contributed by atoms with Crippen LogP contribution in [0.15, 0.2) is 0 Å². The first-order valence-electron chi connectivity index (χ1n) is 5.65. The number of thioether (sulfide) groups is 1. The van der Waals surface area contributed by atoms with Crippen LogP contribution in [0.2, 0.25) is 0 Å². The predicted molar refractivity (Wildman–Crippen MR) is 66.7 cm³/mol. The number of amides is 1. The fraction of sp³-hybridized carbons (Fsp3) is 0.818. The van der Waals surface area contributed by atoms with Crippen molar-refractivity contribution in [2.24, 2.45) is 0 Å². The summed E-state index contributed by atoms with van der Waals surface area (Å²) in [5.41, 5.74) is 0. The molecule has 0 heterocycles. The summed E-state index contributed by atoms with van der Waals surface area (Å²) in [4.78, 5) is 21.6. The number of carboxylic acid groups (broad SMARTS) is 1.